The SMILES string of the molecule is CSCCCCCCNc1ncnc(N)c1[N+](=O)[O-]. The Morgan fingerprint density at radius 1 is 1.37 bits per heavy atom. The normalized spacial score (nSPS) is 10.4. The van der Waals surface area contributed by atoms with Crippen LogP contribution in [-0.2, 0) is 0 Å². The van der Waals surface area contributed by atoms with Gasteiger partial charge in [-0.2, -0.15) is 11.8 Å². The Hall–Kier alpha value is -1.57. The molecule has 0 aliphatic carbocycles. The first-order valence-electron chi connectivity index (χ1n) is 6.14. The fourth-order valence-electron chi connectivity index (χ4n) is 1.63. The van der Waals surface area contributed by atoms with E-state index in [4.69, 9.17) is 5.73 Å². The molecule has 1 heterocycles. The monoisotopic (exact) mass is 285 g/mol. The largest absolute Gasteiger partial charge is 0.378 e. The predicted octanol–water partition coefficient (Wildman–Crippen LogP) is 2.30. The Kier molecular flexibility index (Phi) is 6.94. The van der Waals surface area contributed by atoms with Crippen molar-refractivity contribution in [1.82, 2.24) is 9.97 Å². The standard InChI is InChI=1S/C11H19N5O2S/c1-19-7-5-3-2-4-6-13-11-9(16(17)18)10(12)14-8-15-11/h8H,2-7H2,1H3,(H3,12,13,14,15). The summed E-state index contributed by atoms with van der Waals surface area (Å²) >= 11 is 1.85. The van der Waals surface area contributed by atoms with Gasteiger partial charge >= 0.3 is 5.69 Å². The minimum atomic E-state index is -0.559. The van der Waals surface area contributed by atoms with E-state index in [0.717, 1.165) is 12.8 Å². The van der Waals surface area contributed by atoms with Gasteiger partial charge in [-0.25, -0.2) is 9.97 Å². The molecule has 0 bridgehead atoms. The predicted molar refractivity (Wildman–Crippen MR) is 78.4 cm³/mol. The molecule has 0 amide bonds. The number of anilines is 2. The fraction of sp³-hybridized carbons (Fsp3) is 0.636. The van der Waals surface area contributed by atoms with Crippen molar-refractivity contribution in [3.8, 4) is 0 Å². The number of nitrogen functional groups attached to an aromatic ring is 1. The number of nitrogens with zero attached hydrogens (tertiary/aromatic N) is 3. The van der Waals surface area contributed by atoms with Crippen LogP contribution in [0.5, 0.6) is 0 Å². The summed E-state index contributed by atoms with van der Waals surface area (Å²) in [6, 6.07) is 0. The van der Waals surface area contributed by atoms with E-state index in [1.54, 1.807) is 0 Å². The molecule has 1 rings (SSSR count). The number of thioether (sulfide) groups is 1. The third-order valence-electron chi connectivity index (χ3n) is 2.60. The maximum absolute atomic E-state index is 10.9. The molecular formula is C11H19N5O2S. The van der Waals surface area contributed by atoms with E-state index >= 15 is 0 Å². The van der Waals surface area contributed by atoms with Crippen molar-refractivity contribution in [2.45, 2.75) is 25.7 Å². The average molecular weight is 285 g/mol. The summed E-state index contributed by atoms with van der Waals surface area (Å²) in [4.78, 5) is 17.8. The third-order valence-corrected chi connectivity index (χ3v) is 3.30. The second-order valence-electron chi connectivity index (χ2n) is 4.05. The van der Waals surface area contributed by atoms with Gasteiger partial charge in [-0.1, -0.05) is 12.8 Å². The molecule has 1 aromatic heterocycles. The van der Waals surface area contributed by atoms with E-state index in [9.17, 15) is 10.1 Å². The van der Waals surface area contributed by atoms with E-state index in [2.05, 4.69) is 21.5 Å². The van der Waals surface area contributed by atoms with E-state index < -0.39 is 4.92 Å². The van der Waals surface area contributed by atoms with Crippen molar-refractivity contribution >= 4 is 29.1 Å². The molecule has 1 aromatic rings. The minimum absolute atomic E-state index is 0.109. The van der Waals surface area contributed by atoms with E-state index in [0.29, 0.717) is 6.54 Å². The summed E-state index contributed by atoms with van der Waals surface area (Å²) in [6.07, 6.45) is 7.76. The Bertz CT molecular complexity index is 416. The van der Waals surface area contributed by atoms with Gasteiger partial charge in [0.15, 0.2) is 0 Å². The first-order valence-corrected chi connectivity index (χ1v) is 7.54. The molecule has 0 unspecified atom stereocenters. The number of hydrogen-bond acceptors (Lipinski definition) is 7. The lowest BCUT2D eigenvalue weighted by Gasteiger charge is -2.06. The van der Waals surface area contributed by atoms with Gasteiger partial charge in [0.1, 0.15) is 6.33 Å². The molecule has 0 fully saturated rings. The van der Waals surface area contributed by atoms with Crippen molar-refractivity contribution in [3.63, 3.8) is 0 Å². The number of hydrogen-bond donors (Lipinski definition) is 2. The number of unbranched alkanes of at least 4 members (excludes halogenated alkanes) is 3. The summed E-state index contributed by atoms with van der Waals surface area (Å²) < 4.78 is 0. The van der Waals surface area contributed by atoms with Crippen LogP contribution in [0.4, 0.5) is 17.3 Å². The topological polar surface area (TPSA) is 107 Å². The van der Waals surface area contributed by atoms with E-state index in [1.807, 2.05) is 11.8 Å². The first-order chi connectivity index (χ1) is 9.16. The van der Waals surface area contributed by atoms with Crippen molar-refractivity contribution in [1.29, 1.82) is 0 Å². The van der Waals surface area contributed by atoms with E-state index in [1.165, 1.54) is 24.9 Å². The summed E-state index contributed by atoms with van der Waals surface area (Å²) in [5, 5.41) is 13.8. The zero-order valence-electron chi connectivity index (χ0n) is 11.0. The number of nitro groups is 1. The van der Waals surface area contributed by atoms with Gasteiger partial charge in [-0.05, 0) is 24.9 Å². The molecule has 0 atom stereocenters. The van der Waals surface area contributed by atoms with E-state index in [-0.39, 0.29) is 17.3 Å². The van der Waals surface area contributed by atoms with Gasteiger partial charge in [0.05, 0.1) is 4.92 Å². The highest BCUT2D eigenvalue weighted by atomic mass is 32.2. The molecule has 19 heavy (non-hydrogen) atoms. The van der Waals surface area contributed by atoms with Crippen LogP contribution < -0.4 is 11.1 Å². The summed E-state index contributed by atoms with van der Waals surface area (Å²) in [6.45, 7) is 0.649. The average Bonchev–Trinajstić information content (AvgIpc) is 2.37. The van der Waals surface area contributed by atoms with Crippen LogP contribution in [0.3, 0.4) is 0 Å². The lowest BCUT2D eigenvalue weighted by atomic mass is 10.2. The Labute approximate surface area is 116 Å². The van der Waals surface area contributed by atoms with Crippen LogP contribution in [0.1, 0.15) is 25.7 Å². The maximum Gasteiger partial charge on any atom is 0.352 e. The molecule has 8 heteroatoms. The molecule has 106 valence electrons. The van der Waals surface area contributed by atoms with Gasteiger partial charge in [0.2, 0.25) is 11.6 Å². The second kappa shape index (κ2) is 8.52. The van der Waals surface area contributed by atoms with Crippen LogP contribution in [-0.4, -0.2) is 33.4 Å². The highest BCUT2D eigenvalue weighted by Gasteiger charge is 2.20. The van der Waals surface area contributed by atoms with Crippen LogP contribution >= 0.6 is 11.8 Å². The molecule has 0 aliphatic heterocycles. The number of aromatic nitrogens is 2. The molecule has 7 nitrogen and oxygen atoms in total. The smallest absolute Gasteiger partial charge is 0.352 e. The van der Waals surface area contributed by atoms with Crippen molar-refractivity contribution in [3.05, 3.63) is 16.4 Å². The lowest BCUT2D eigenvalue weighted by Crippen LogP contribution is -2.09. The van der Waals surface area contributed by atoms with Gasteiger partial charge in [0, 0.05) is 6.54 Å². The number of rotatable bonds is 9. The Balaban J connectivity index is 2.37. The summed E-state index contributed by atoms with van der Waals surface area (Å²) in [5.41, 5.74) is 5.23. The third kappa shape index (κ3) is 5.29. The molecule has 0 radical (unpaired) electrons. The molecule has 3 N–H and O–H groups in total. The van der Waals surface area contributed by atoms with Crippen molar-refractivity contribution in [2.75, 3.05) is 29.6 Å². The number of nitrogens with one attached hydrogen (secondary N) is 1. The highest BCUT2D eigenvalue weighted by molar-refractivity contribution is 7.98. The quantitative estimate of drug-likeness (QED) is 0.407. The van der Waals surface area contributed by atoms with Crippen LogP contribution in [0, 0.1) is 10.1 Å². The zero-order valence-corrected chi connectivity index (χ0v) is 11.8. The molecule has 0 aliphatic rings. The van der Waals surface area contributed by atoms with Crippen molar-refractivity contribution in [2.24, 2.45) is 0 Å². The van der Waals surface area contributed by atoms with Crippen LogP contribution in [0.2, 0.25) is 0 Å². The summed E-state index contributed by atoms with van der Waals surface area (Å²) in [7, 11) is 0. The van der Waals surface area contributed by atoms with Gasteiger partial charge < -0.3 is 11.1 Å². The van der Waals surface area contributed by atoms with Crippen LogP contribution in [0.25, 0.3) is 0 Å². The van der Waals surface area contributed by atoms with Gasteiger partial charge in [-0.15, -0.1) is 0 Å². The molecule has 0 aromatic carbocycles. The zero-order chi connectivity index (χ0) is 14.1. The van der Waals surface area contributed by atoms with Gasteiger partial charge in [-0.3, -0.25) is 10.1 Å². The molecule has 0 saturated carbocycles. The summed E-state index contributed by atoms with van der Waals surface area (Å²) in [5.74, 6) is 1.27. The number of nitrogens with two attached hydrogens (primary N) is 1. The lowest BCUT2D eigenvalue weighted by molar-refractivity contribution is -0.383. The van der Waals surface area contributed by atoms with Gasteiger partial charge in [0.25, 0.3) is 0 Å². The first kappa shape index (κ1) is 15.5. The molecule has 0 saturated heterocycles. The van der Waals surface area contributed by atoms with Crippen molar-refractivity contribution < 1.29 is 4.92 Å². The molecule has 0 spiro atoms. The minimum Gasteiger partial charge on any atom is -0.378 e. The Morgan fingerprint density at radius 3 is 2.79 bits per heavy atom. The van der Waals surface area contributed by atoms with Crippen LogP contribution in [0.15, 0.2) is 6.33 Å². The second-order valence-corrected chi connectivity index (χ2v) is 5.03. The molecular weight excluding hydrogens is 266 g/mol. The Morgan fingerprint density at radius 2 is 2.11 bits per heavy atom. The fourth-order valence-corrected chi connectivity index (χ4v) is 2.13. The highest BCUT2D eigenvalue weighted by Crippen LogP contribution is 2.26. The maximum atomic E-state index is 10.9.